The molecular weight excluding hydrogens is 240 g/mol. The van der Waals surface area contributed by atoms with Gasteiger partial charge in [0.05, 0.1) is 23.3 Å². The lowest BCUT2D eigenvalue weighted by Crippen LogP contribution is -2.32. The molecule has 0 aliphatic carbocycles. The molecule has 1 aromatic heterocycles. The summed E-state index contributed by atoms with van der Waals surface area (Å²) in [5.74, 6) is 1.50. The van der Waals surface area contributed by atoms with Gasteiger partial charge in [0, 0.05) is 25.4 Å². The molecule has 1 amide bonds. The third-order valence-electron chi connectivity index (χ3n) is 3.99. The van der Waals surface area contributed by atoms with E-state index < -0.39 is 0 Å². The van der Waals surface area contributed by atoms with Crippen LogP contribution < -0.4 is 10.2 Å². The zero-order valence-corrected chi connectivity index (χ0v) is 10.4. The highest BCUT2D eigenvalue weighted by Crippen LogP contribution is 2.28. The van der Waals surface area contributed by atoms with E-state index in [1.165, 1.54) is 0 Å². The first-order chi connectivity index (χ1) is 9.29. The molecule has 5 heteroatoms. The SMILES string of the molecule is O=C1C[C@H]2CN(c3cnc4ccccc4n3)C[C@H]2N1. The smallest absolute Gasteiger partial charge is 0.220 e. The molecule has 0 saturated carbocycles. The van der Waals surface area contributed by atoms with Gasteiger partial charge in [-0.1, -0.05) is 12.1 Å². The Morgan fingerprint density at radius 3 is 2.89 bits per heavy atom. The molecule has 0 bridgehead atoms. The van der Waals surface area contributed by atoms with E-state index in [0.717, 1.165) is 29.9 Å². The van der Waals surface area contributed by atoms with Crippen LogP contribution in [0.3, 0.4) is 0 Å². The van der Waals surface area contributed by atoms with Gasteiger partial charge in [-0.05, 0) is 12.1 Å². The van der Waals surface area contributed by atoms with E-state index in [0.29, 0.717) is 12.3 Å². The molecule has 2 aliphatic heterocycles. The fourth-order valence-electron chi connectivity index (χ4n) is 3.03. The molecule has 2 saturated heterocycles. The van der Waals surface area contributed by atoms with E-state index in [4.69, 9.17) is 0 Å². The van der Waals surface area contributed by atoms with Crippen molar-refractivity contribution in [1.82, 2.24) is 15.3 Å². The largest absolute Gasteiger partial charge is 0.353 e. The summed E-state index contributed by atoms with van der Waals surface area (Å²) in [5, 5.41) is 3.02. The van der Waals surface area contributed by atoms with Crippen molar-refractivity contribution < 1.29 is 4.79 Å². The summed E-state index contributed by atoms with van der Waals surface area (Å²) >= 11 is 0. The van der Waals surface area contributed by atoms with Gasteiger partial charge >= 0.3 is 0 Å². The molecule has 1 N–H and O–H groups in total. The maximum absolute atomic E-state index is 11.3. The zero-order chi connectivity index (χ0) is 12.8. The first kappa shape index (κ1) is 10.7. The van der Waals surface area contributed by atoms with Gasteiger partial charge in [0.15, 0.2) is 0 Å². The van der Waals surface area contributed by atoms with Crippen molar-refractivity contribution in [2.75, 3.05) is 18.0 Å². The molecule has 5 nitrogen and oxygen atoms in total. The van der Waals surface area contributed by atoms with Crippen LogP contribution in [0.25, 0.3) is 11.0 Å². The van der Waals surface area contributed by atoms with Gasteiger partial charge in [-0.25, -0.2) is 4.98 Å². The minimum absolute atomic E-state index is 0.180. The third kappa shape index (κ3) is 1.73. The van der Waals surface area contributed by atoms with Crippen LogP contribution >= 0.6 is 0 Å². The topological polar surface area (TPSA) is 58.1 Å². The van der Waals surface area contributed by atoms with Gasteiger partial charge < -0.3 is 10.2 Å². The number of nitrogens with zero attached hydrogens (tertiary/aromatic N) is 3. The molecule has 2 aromatic rings. The van der Waals surface area contributed by atoms with E-state index >= 15 is 0 Å². The van der Waals surface area contributed by atoms with Crippen molar-refractivity contribution in [2.24, 2.45) is 5.92 Å². The molecule has 1 aromatic carbocycles. The maximum atomic E-state index is 11.3. The van der Waals surface area contributed by atoms with Crippen LogP contribution in [0, 0.1) is 5.92 Å². The fraction of sp³-hybridized carbons (Fsp3) is 0.357. The van der Waals surface area contributed by atoms with E-state index in [1.807, 2.05) is 30.5 Å². The number of fused-ring (bicyclic) bond motifs is 2. The van der Waals surface area contributed by atoms with E-state index in [1.54, 1.807) is 0 Å². The summed E-state index contributed by atoms with van der Waals surface area (Å²) in [5.41, 5.74) is 1.83. The van der Waals surface area contributed by atoms with Gasteiger partial charge in [0.2, 0.25) is 5.91 Å². The van der Waals surface area contributed by atoms with Crippen molar-refractivity contribution >= 4 is 22.8 Å². The predicted octanol–water partition coefficient (Wildman–Crippen LogP) is 0.954. The molecule has 96 valence electrons. The zero-order valence-electron chi connectivity index (χ0n) is 10.4. The molecule has 2 atom stereocenters. The van der Waals surface area contributed by atoms with Crippen LogP contribution in [0.1, 0.15) is 6.42 Å². The lowest BCUT2D eigenvalue weighted by molar-refractivity contribution is -0.119. The second kappa shape index (κ2) is 3.91. The summed E-state index contributed by atoms with van der Waals surface area (Å²) in [6, 6.07) is 8.16. The van der Waals surface area contributed by atoms with E-state index in [9.17, 15) is 4.79 Å². The Morgan fingerprint density at radius 1 is 1.21 bits per heavy atom. The lowest BCUT2D eigenvalue weighted by atomic mass is 10.1. The minimum atomic E-state index is 0.180. The maximum Gasteiger partial charge on any atom is 0.220 e. The third-order valence-corrected chi connectivity index (χ3v) is 3.99. The molecule has 4 rings (SSSR count). The van der Waals surface area contributed by atoms with Gasteiger partial charge in [0.1, 0.15) is 5.82 Å². The molecule has 0 spiro atoms. The van der Waals surface area contributed by atoms with Crippen molar-refractivity contribution in [3.8, 4) is 0 Å². The second-order valence-corrected chi connectivity index (χ2v) is 5.26. The number of benzene rings is 1. The second-order valence-electron chi connectivity index (χ2n) is 5.26. The first-order valence-corrected chi connectivity index (χ1v) is 6.56. The van der Waals surface area contributed by atoms with E-state index in [-0.39, 0.29) is 11.9 Å². The average molecular weight is 254 g/mol. The summed E-state index contributed by atoms with van der Waals surface area (Å²) in [6.45, 7) is 1.72. The highest BCUT2D eigenvalue weighted by Gasteiger charge is 2.40. The molecule has 2 fully saturated rings. The monoisotopic (exact) mass is 254 g/mol. The average Bonchev–Trinajstić information content (AvgIpc) is 2.95. The van der Waals surface area contributed by atoms with Crippen LogP contribution in [0.5, 0.6) is 0 Å². The fourth-order valence-corrected chi connectivity index (χ4v) is 3.03. The molecule has 3 heterocycles. The normalized spacial score (nSPS) is 25.7. The van der Waals surface area contributed by atoms with Gasteiger partial charge in [-0.15, -0.1) is 0 Å². The van der Waals surface area contributed by atoms with Crippen molar-refractivity contribution in [1.29, 1.82) is 0 Å². The Labute approximate surface area is 110 Å². The number of para-hydroxylation sites is 2. The molecule has 0 unspecified atom stereocenters. The number of hydrogen-bond acceptors (Lipinski definition) is 4. The number of hydrogen-bond donors (Lipinski definition) is 1. The van der Waals surface area contributed by atoms with Crippen molar-refractivity contribution in [3.05, 3.63) is 30.5 Å². The van der Waals surface area contributed by atoms with E-state index in [2.05, 4.69) is 20.2 Å². The highest BCUT2D eigenvalue weighted by molar-refractivity contribution is 5.80. The van der Waals surface area contributed by atoms with Crippen molar-refractivity contribution in [2.45, 2.75) is 12.5 Å². The molecule has 0 radical (unpaired) electrons. The highest BCUT2D eigenvalue weighted by atomic mass is 16.2. The van der Waals surface area contributed by atoms with Crippen LogP contribution in [0.15, 0.2) is 30.5 Å². The number of aromatic nitrogens is 2. The Kier molecular flexibility index (Phi) is 2.21. The summed E-state index contributed by atoms with van der Waals surface area (Å²) in [7, 11) is 0. The van der Waals surface area contributed by atoms with Crippen LogP contribution in [0.4, 0.5) is 5.82 Å². The molecular formula is C14H14N4O. The number of amides is 1. The predicted molar refractivity (Wildman–Crippen MR) is 71.8 cm³/mol. The van der Waals surface area contributed by atoms with Crippen molar-refractivity contribution in [3.63, 3.8) is 0 Å². The summed E-state index contributed by atoms with van der Waals surface area (Å²) < 4.78 is 0. The Bertz CT molecular complexity index is 641. The first-order valence-electron chi connectivity index (χ1n) is 6.56. The van der Waals surface area contributed by atoms with Crippen LogP contribution in [-0.4, -0.2) is 35.0 Å². The Morgan fingerprint density at radius 2 is 2.05 bits per heavy atom. The Balaban J connectivity index is 1.63. The summed E-state index contributed by atoms with van der Waals surface area (Å²) in [4.78, 5) is 22.6. The van der Waals surface area contributed by atoms with Crippen LogP contribution in [0.2, 0.25) is 0 Å². The van der Waals surface area contributed by atoms with Gasteiger partial charge in [-0.2, -0.15) is 0 Å². The number of anilines is 1. The standard InChI is InChI=1S/C14H14N4O/c19-14-5-9-7-18(8-12(9)17-14)13-6-15-10-3-1-2-4-11(10)16-13/h1-4,6,9,12H,5,7-8H2,(H,17,19)/t9-,12+/m0/s1. The molecule has 19 heavy (non-hydrogen) atoms. The van der Waals surface area contributed by atoms with Gasteiger partial charge in [-0.3, -0.25) is 9.78 Å². The van der Waals surface area contributed by atoms with Gasteiger partial charge in [0.25, 0.3) is 0 Å². The van der Waals surface area contributed by atoms with Crippen LogP contribution in [-0.2, 0) is 4.79 Å². The quantitative estimate of drug-likeness (QED) is 0.823. The Hall–Kier alpha value is -2.17. The minimum Gasteiger partial charge on any atom is -0.353 e. The number of carbonyl (C=O) groups excluding carboxylic acids is 1. The summed E-state index contributed by atoms with van der Waals surface area (Å²) in [6.07, 6.45) is 2.47. The number of carbonyl (C=O) groups is 1. The lowest BCUT2D eigenvalue weighted by Gasteiger charge is -2.18. The number of nitrogens with one attached hydrogen (secondary N) is 1. The number of rotatable bonds is 1. The molecule has 2 aliphatic rings.